The fraction of sp³-hybridized carbons (Fsp3) is 0.182. The van der Waals surface area contributed by atoms with Crippen LogP contribution in [0.2, 0.25) is 0 Å². The van der Waals surface area contributed by atoms with Crippen LogP contribution in [0.3, 0.4) is 0 Å². The molecule has 4 aromatic rings. The lowest BCUT2D eigenvalue weighted by molar-refractivity contribution is -0.113. The van der Waals surface area contributed by atoms with Crippen molar-refractivity contribution in [2.75, 3.05) is 32.4 Å². The molecule has 2 aromatic carbocycles. The number of fused-ring (bicyclic) bond motifs is 1. The maximum absolute atomic E-state index is 12.5. The number of amides is 1. The molecule has 0 saturated heterocycles. The zero-order valence-electron chi connectivity index (χ0n) is 18.1. The van der Waals surface area contributed by atoms with Gasteiger partial charge in [0, 0.05) is 6.07 Å². The lowest BCUT2D eigenvalue weighted by atomic mass is 10.2. The summed E-state index contributed by atoms with van der Waals surface area (Å²) in [6.45, 7) is 0. The first kappa shape index (κ1) is 22.2. The van der Waals surface area contributed by atoms with E-state index >= 15 is 0 Å². The van der Waals surface area contributed by atoms with E-state index in [0.717, 1.165) is 17.4 Å². The number of anilines is 1. The monoisotopic (exact) mass is 467 g/mol. The Morgan fingerprint density at radius 1 is 1.06 bits per heavy atom. The Bertz CT molecular complexity index is 1350. The summed E-state index contributed by atoms with van der Waals surface area (Å²) in [6.07, 6.45) is 1.46. The molecule has 0 spiro atoms. The number of thioether (sulfide) groups is 1. The molecule has 2 aromatic heterocycles. The lowest BCUT2D eigenvalue weighted by Gasteiger charge is -2.11. The first-order chi connectivity index (χ1) is 16.0. The molecule has 2 heterocycles. The molecule has 0 aliphatic heterocycles. The number of H-pyrrole nitrogens is 1. The number of nitrogens with zero attached hydrogens (tertiary/aromatic N) is 3. The van der Waals surface area contributed by atoms with Gasteiger partial charge in [-0.1, -0.05) is 11.8 Å². The van der Waals surface area contributed by atoms with E-state index in [1.165, 1.54) is 13.3 Å². The molecule has 10 nitrogen and oxygen atoms in total. The maximum atomic E-state index is 12.5. The Kier molecular flexibility index (Phi) is 6.50. The first-order valence-corrected chi connectivity index (χ1v) is 10.8. The Hall–Kier alpha value is -3.99. The highest BCUT2D eigenvalue weighted by molar-refractivity contribution is 7.99. The van der Waals surface area contributed by atoms with Gasteiger partial charge in [0.2, 0.25) is 5.91 Å². The quantitative estimate of drug-likeness (QED) is 0.300. The van der Waals surface area contributed by atoms with Crippen molar-refractivity contribution >= 4 is 34.4 Å². The van der Waals surface area contributed by atoms with Gasteiger partial charge in [-0.15, -0.1) is 0 Å². The third-order valence-corrected chi connectivity index (χ3v) is 5.63. The van der Waals surface area contributed by atoms with Crippen molar-refractivity contribution in [2.24, 2.45) is 0 Å². The van der Waals surface area contributed by atoms with Crippen molar-refractivity contribution in [2.45, 2.75) is 5.16 Å². The summed E-state index contributed by atoms with van der Waals surface area (Å²) in [5.74, 6) is 1.54. The number of carbonyl (C=O) groups is 1. The molecule has 1 amide bonds. The van der Waals surface area contributed by atoms with E-state index in [1.807, 2.05) is 12.1 Å². The zero-order chi connectivity index (χ0) is 23.4. The van der Waals surface area contributed by atoms with Crippen molar-refractivity contribution in [1.82, 2.24) is 19.7 Å². The van der Waals surface area contributed by atoms with Crippen LogP contribution in [0.1, 0.15) is 0 Å². The van der Waals surface area contributed by atoms with E-state index in [-0.39, 0.29) is 17.2 Å². The minimum atomic E-state index is -0.334. The highest BCUT2D eigenvalue weighted by Gasteiger charge is 2.14. The van der Waals surface area contributed by atoms with Crippen molar-refractivity contribution in [3.05, 3.63) is 59.0 Å². The van der Waals surface area contributed by atoms with Gasteiger partial charge < -0.3 is 24.5 Å². The predicted octanol–water partition coefficient (Wildman–Crippen LogP) is 2.87. The van der Waals surface area contributed by atoms with Crippen molar-refractivity contribution in [1.29, 1.82) is 0 Å². The number of hydrogen-bond donors (Lipinski definition) is 2. The number of aromatic amines is 1. The van der Waals surface area contributed by atoms with Crippen LogP contribution in [0.15, 0.2) is 58.6 Å². The average molecular weight is 468 g/mol. The van der Waals surface area contributed by atoms with Crippen LogP contribution in [-0.4, -0.2) is 52.7 Å². The lowest BCUT2D eigenvalue weighted by Crippen LogP contribution is -2.16. The molecule has 11 heteroatoms. The SMILES string of the molecule is COc1ccc(-n2ncc3c(=O)[nH]c(SCC(=O)Nc4ccc(OC)cc4OC)nc32)cc1. The molecule has 4 rings (SSSR count). The number of ether oxygens (including phenoxy) is 3. The Labute approximate surface area is 192 Å². The number of rotatable bonds is 8. The molecule has 2 N–H and O–H groups in total. The molecular formula is C22H21N5O5S. The van der Waals surface area contributed by atoms with Crippen LogP contribution >= 0.6 is 11.8 Å². The molecule has 0 unspecified atom stereocenters. The summed E-state index contributed by atoms with van der Waals surface area (Å²) in [4.78, 5) is 32.2. The van der Waals surface area contributed by atoms with Crippen molar-refractivity contribution in [3.63, 3.8) is 0 Å². The summed E-state index contributed by atoms with van der Waals surface area (Å²) >= 11 is 1.11. The topological polar surface area (TPSA) is 120 Å². The Balaban J connectivity index is 1.52. The van der Waals surface area contributed by atoms with E-state index < -0.39 is 0 Å². The van der Waals surface area contributed by atoms with E-state index in [0.29, 0.717) is 39.1 Å². The minimum absolute atomic E-state index is 0.0281. The molecule has 0 aliphatic carbocycles. The number of carbonyl (C=O) groups excluding carboxylic acids is 1. The molecule has 0 bridgehead atoms. The van der Waals surface area contributed by atoms with Gasteiger partial charge in [0.25, 0.3) is 5.56 Å². The summed E-state index contributed by atoms with van der Waals surface area (Å²) in [5.41, 5.74) is 1.30. The molecule has 33 heavy (non-hydrogen) atoms. The molecule has 170 valence electrons. The standard InChI is InChI=1S/C22H21N5O5S/c1-30-14-6-4-13(5-7-14)27-20-16(11-23-27)21(29)26-22(25-20)33-12-19(28)24-17-9-8-15(31-2)10-18(17)32-3/h4-11H,12H2,1-3H3,(H,24,28)(H,25,26,29). The summed E-state index contributed by atoms with van der Waals surface area (Å²) < 4.78 is 17.2. The fourth-order valence-corrected chi connectivity index (χ4v) is 3.76. The van der Waals surface area contributed by atoms with Gasteiger partial charge in [-0.2, -0.15) is 5.10 Å². The van der Waals surface area contributed by atoms with Gasteiger partial charge >= 0.3 is 0 Å². The molecule has 0 aliphatic rings. The second kappa shape index (κ2) is 9.65. The highest BCUT2D eigenvalue weighted by atomic mass is 32.2. The van der Waals surface area contributed by atoms with Gasteiger partial charge in [0.15, 0.2) is 10.8 Å². The van der Waals surface area contributed by atoms with Crippen LogP contribution in [0, 0.1) is 0 Å². The number of methoxy groups -OCH3 is 3. The average Bonchev–Trinajstić information content (AvgIpc) is 3.27. The Morgan fingerprint density at radius 3 is 2.48 bits per heavy atom. The number of hydrogen-bond acceptors (Lipinski definition) is 8. The summed E-state index contributed by atoms with van der Waals surface area (Å²) in [7, 11) is 4.65. The smallest absolute Gasteiger partial charge is 0.262 e. The normalized spacial score (nSPS) is 10.8. The Morgan fingerprint density at radius 2 is 1.79 bits per heavy atom. The molecule has 0 saturated carbocycles. The predicted molar refractivity (Wildman–Crippen MR) is 125 cm³/mol. The van der Waals surface area contributed by atoms with Crippen LogP contribution in [0.25, 0.3) is 16.7 Å². The third-order valence-electron chi connectivity index (χ3n) is 4.76. The maximum Gasteiger partial charge on any atom is 0.262 e. The van der Waals surface area contributed by atoms with E-state index in [9.17, 15) is 9.59 Å². The summed E-state index contributed by atoms with van der Waals surface area (Å²) in [6, 6.07) is 12.3. The number of benzene rings is 2. The minimum Gasteiger partial charge on any atom is -0.497 e. The first-order valence-electron chi connectivity index (χ1n) is 9.79. The van der Waals surface area contributed by atoms with Gasteiger partial charge in [0.05, 0.1) is 44.7 Å². The van der Waals surface area contributed by atoms with Crippen LogP contribution in [-0.2, 0) is 4.79 Å². The number of nitrogens with one attached hydrogen (secondary N) is 2. The largest absolute Gasteiger partial charge is 0.497 e. The van der Waals surface area contributed by atoms with Gasteiger partial charge in [0.1, 0.15) is 22.6 Å². The molecular weight excluding hydrogens is 446 g/mol. The van der Waals surface area contributed by atoms with Crippen LogP contribution in [0.4, 0.5) is 5.69 Å². The zero-order valence-corrected chi connectivity index (χ0v) is 18.9. The third kappa shape index (κ3) is 4.77. The van der Waals surface area contributed by atoms with Gasteiger partial charge in [-0.3, -0.25) is 9.59 Å². The second-order valence-electron chi connectivity index (χ2n) is 6.77. The summed E-state index contributed by atoms with van der Waals surface area (Å²) in [5, 5.41) is 7.73. The molecule has 0 fully saturated rings. The highest BCUT2D eigenvalue weighted by Crippen LogP contribution is 2.29. The van der Waals surface area contributed by atoms with Crippen molar-refractivity contribution < 1.29 is 19.0 Å². The van der Waals surface area contributed by atoms with Gasteiger partial charge in [-0.25, -0.2) is 9.67 Å². The molecule has 0 radical (unpaired) electrons. The van der Waals surface area contributed by atoms with Crippen LogP contribution < -0.4 is 25.1 Å². The second-order valence-corrected chi connectivity index (χ2v) is 7.73. The van der Waals surface area contributed by atoms with E-state index in [1.54, 1.807) is 49.2 Å². The molecule has 0 atom stereocenters. The fourth-order valence-electron chi connectivity index (χ4n) is 3.10. The van der Waals surface area contributed by atoms with Crippen molar-refractivity contribution in [3.8, 4) is 22.9 Å². The van der Waals surface area contributed by atoms with E-state index in [4.69, 9.17) is 14.2 Å². The van der Waals surface area contributed by atoms with Gasteiger partial charge in [-0.05, 0) is 36.4 Å². The van der Waals surface area contributed by atoms with E-state index in [2.05, 4.69) is 20.4 Å². The van der Waals surface area contributed by atoms with Crippen LogP contribution in [0.5, 0.6) is 17.2 Å². The number of aromatic nitrogens is 4.